The standard InChI is InChI=1S/C20H20N2O3S2/c1-11-5-7-14(8-6-11)18-21-15(10-26-18)9-16(23)22-19-17(20(24)25-4)12(2)13(3)27-19/h5-8,10H,9H2,1-4H3,(H,22,23). The molecule has 1 aromatic carbocycles. The van der Waals surface area contributed by atoms with Gasteiger partial charge < -0.3 is 10.1 Å². The quantitative estimate of drug-likeness (QED) is 0.627. The zero-order chi connectivity index (χ0) is 19.6. The molecule has 0 aliphatic heterocycles. The number of ether oxygens (including phenoxy) is 1. The number of hydrogen-bond acceptors (Lipinski definition) is 6. The number of amides is 1. The Balaban J connectivity index is 1.73. The summed E-state index contributed by atoms with van der Waals surface area (Å²) in [4.78, 5) is 30.0. The molecule has 0 atom stereocenters. The van der Waals surface area contributed by atoms with Gasteiger partial charge in [0.2, 0.25) is 5.91 Å². The highest BCUT2D eigenvalue weighted by atomic mass is 32.1. The van der Waals surface area contributed by atoms with Crippen LogP contribution in [0.1, 0.15) is 32.1 Å². The van der Waals surface area contributed by atoms with Gasteiger partial charge in [0, 0.05) is 15.8 Å². The van der Waals surface area contributed by atoms with E-state index >= 15 is 0 Å². The second kappa shape index (κ2) is 8.02. The van der Waals surface area contributed by atoms with Gasteiger partial charge in [0.05, 0.1) is 24.8 Å². The van der Waals surface area contributed by atoms with Gasteiger partial charge in [0.1, 0.15) is 10.0 Å². The second-order valence-electron chi connectivity index (χ2n) is 6.21. The molecule has 0 saturated carbocycles. The highest BCUT2D eigenvalue weighted by molar-refractivity contribution is 7.16. The molecule has 0 aliphatic carbocycles. The lowest BCUT2D eigenvalue weighted by atomic mass is 10.1. The molecule has 3 aromatic rings. The van der Waals surface area contributed by atoms with Crippen molar-refractivity contribution in [2.45, 2.75) is 27.2 Å². The van der Waals surface area contributed by atoms with Crippen molar-refractivity contribution in [2.75, 3.05) is 12.4 Å². The van der Waals surface area contributed by atoms with Gasteiger partial charge in [-0.2, -0.15) is 0 Å². The minimum atomic E-state index is -0.442. The van der Waals surface area contributed by atoms with E-state index in [4.69, 9.17) is 4.74 Å². The number of carbonyl (C=O) groups excluding carboxylic acids is 2. The first kappa shape index (κ1) is 19.3. The molecule has 5 nitrogen and oxygen atoms in total. The van der Waals surface area contributed by atoms with Gasteiger partial charge in [-0.3, -0.25) is 4.79 Å². The number of nitrogens with one attached hydrogen (secondary N) is 1. The van der Waals surface area contributed by atoms with E-state index in [1.54, 1.807) is 0 Å². The number of aromatic nitrogens is 1. The normalized spacial score (nSPS) is 10.7. The fourth-order valence-corrected chi connectivity index (χ4v) is 4.51. The van der Waals surface area contributed by atoms with Gasteiger partial charge in [-0.1, -0.05) is 29.8 Å². The summed E-state index contributed by atoms with van der Waals surface area (Å²) < 4.78 is 4.84. The molecule has 2 heterocycles. The number of esters is 1. The first-order valence-electron chi connectivity index (χ1n) is 8.38. The summed E-state index contributed by atoms with van der Waals surface area (Å²) in [5, 5.41) is 6.13. The van der Waals surface area contributed by atoms with Crippen molar-refractivity contribution in [1.82, 2.24) is 4.98 Å². The minimum absolute atomic E-state index is 0.152. The average molecular weight is 401 g/mol. The Bertz CT molecular complexity index is 987. The van der Waals surface area contributed by atoms with Crippen LogP contribution in [0, 0.1) is 20.8 Å². The summed E-state index contributed by atoms with van der Waals surface area (Å²) in [6.45, 7) is 5.80. The molecule has 0 aliphatic rings. The maximum absolute atomic E-state index is 12.5. The monoisotopic (exact) mass is 400 g/mol. The maximum Gasteiger partial charge on any atom is 0.341 e. The van der Waals surface area contributed by atoms with Gasteiger partial charge >= 0.3 is 5.97 Å². The van der Waals surface area contributed by atoms with Crippen LogP contribution in [-0.4, -0.2) is 24.0 Å². The van der Waals surface area contributed by atoms with E-state index in [1.807, 2.05) is 50.4 Å². The number of anilines is 1. The zero-order valence-corrected chi connectivity index (χ0v) is 17.2. The van der Waals surface area contributed by atoms with E-state index in [0.29, 0.717) is 16.3 Å². The Kier molecular flexibility index (Phi) is 5.72. The zero-order valence-electron chi connectivity index (χ0n) is 15.6. The van der Waals surface area contributed by atoms with E-state index in [0.717, 1.165) is 21.0 Å². The molecule has 0 unspecified atom stereocenters. The lowest BCUT2D eigenvalue weighted by Crippen LogP contribution is -2.16. The smallest absolute Gasteiger partial charge is 0.341 e. The molecule has 1 amide bonds. The number of thiazole rings is 1. The molecule has 0 bridgehead atoms. The molecule has 140 valence electrons. The van der Waals surface area contributed by atoms with E-state index in [1.165, 1.54) is 35.3 Å². The summed E-state index contributed by atoms with van der Waals surface area (Å²) in [5.74, 6) is -0.648. The first-order valence-corrected chi connectivity index (χ1v) is 10.1. The largest absolute Gasteiger partial charge is 0.465 e. The summed E-state index contributed by atoms with van der Waals surface area (Å²) in [5.41, 5.74) is 4.19. The number of carbonyl (C=O) groups is 2. The second-order valence-corrected chi connectivity index (χ2v) is 8.30. The van der Waals surface area contributed by atoms with Crippen molar-refractivity contribution in [3.05, 3.63) is 56.9 Å². The van der Waals surface area contributed by atoms with E-state index in [-0.39, 0.29) is 12.3 Å². The Morgan fingerprint density at radius 2 is 1.85 bits per heavy atom. The highest BCUT2D eigenvalue weighted by Gasteiger charge is 2.22. The van der Waals surface area contributed by atoms with Gasteiger partial charge in [-0.15, -0.1) is 22.7 Å². The molecule has 3 rings (SSSR count). The number of hydrogen-bond donors (Lipinski definition) is 1. The molecule has 0 saturated heterocycles. The number of nitrogens with zero attached hydrogens (tertiary/aromatic N) is 1. The molecule has 2 aromatic heterocycles. The summed E-state index contributed by atoms with van der Waals surface area (Å²) in [6, 6.07) is 8.13. The van der Waals surface area contributed by atoms with Crippen molar-refractivity contribution in [2.24, 2.45) is 0 Å². The van der Waals surface area contributed by atoms with Crippen molar-refractivity contribution in [3.63, 3.8) is 0 Å². The first-order chi connectivity index (χ1) is 12.9. The SMILES string of the molecule is COC(=O)c1c(NC(=O)Cc2csc(-c3ccc(C)cc3)n2)sc(C)c1C. The van der Waals surface area contributed by atoms with Crippen LogP contribution >= 0.6 is 22.7 Å². The number of rotatable bonds is 5. The Hall–Kier alpha value is -2.51. The minimum Gasteiger partial charge on any atom is -0.465 e. The third-order valence-corrected chi connectivity index (χ3v) is 6.28. The Morgan fingerprint density at radius 3 is 2.52 bits per heavy atom. The van der Waals surface area contributed by atoms with Crippen molar-refractivity contribution >= 4 is 39.6 Å². The van der Waals surface area contributed by atoms with Crippen LogP contribution in [0.5, 0.6) is 0 Å². The summed E-state index contributed by atoms with van der Waals surface area (Å²) in [6.07, 6.45) is 0.152. The van der Waals surface area contributed by atoms with E-state index < -0.39 is 5.97 Å². The molecular formula is C20H20N2O3S2. The molecule has 0 spiro atoms. The molecule has 0 radical (unpaired) electrons. The van der Waals surface area contributed by atoms with Crippen LogP contribution in [0.15, 0.2) is 29.6 Å². The van der Waals surface area contributed by atoms with Crippen molar-refractivity contribution in [1.29, 1.82) is 0 Å². The number of thiophene rings is 1. The van der Waals surface area contributed by atoms with Crippen LogP contribution in [-0.2, 0) is 16.0 Å². The maximum atomic E-state index is 12.5. The topological polar surface area (TPSA) is 68.3 Å². The van der Waals surface area contributed by atoms with Crippen LogP contribution in [0.4, 0.5) is 5.00 Å². The molecule has 7 heteroatoms. The van der Waals surface area contributed by atoms with Crippen molar-refractivity contribution < 1.29 is 14.3 Å². The van der Waals surface area contributed by atoms with Gasteiger partial charge in [0.25, 0.3) is 0 Å². The number of aryl methyl sites for hydroxylation is 2. The Morgan fingerprint density at radius 1 is 1.15 bits per heavy atom. The molecule has 27 heavy (non-hydrogen) atoms. The van der Waals surface area contributed by atoms with Crippen molar-refractivity contribution in [3.8, 4) is 10.6 Å². The highest BCUT2D eigenvalue weighted by Crippen LogP contribution is 2.33. The van der Waals surface area contributed by atoms with E-state index in [9.17, 15) is 9.59 Å². The van der Waals surface area contributed by atoms with Crippen LogP contribution in [0.2, 0.25) is 0 Å². The van der Waals surface area contributed by atoms with Gasteiger partial charge in [0.15, 0.2) is 0 Å². The number of benzene rings is 1. The predicted molar refractivity (Wildman–Crippen MR) is 110 cm³/mol. The molecule has 0 fully saturated rings. The van der Waals surface area contributed by atoms with Gasteiger partial charge in [-0.05, 0) is 26.3 Å². The third kappa shape index (κ3) is 4.26. The Labute approximate surface area is 166 Å². The lowest BCUT2D eigenvalue weighted by Gasteiger charge is -2.05. The molecular weight excluding hydrogens is 380 g/mol. The van der Waals surface area contributed by atoms with Crippen LogP contribution < -0.4 is 5.32 Å². The van der Waals surface area contributed by atoms with Crippen LogP contribution in [0.3, 0.4) is 0 Å². The lowest BCUT2D eigenvalue weighted by molar-refractivity contribution is -0.115. The van der Waals surface area contributed by atoms with E-state index in [2.05, 4.69) is 10.3 Å². The summed E-state index contributed by atoms with van der Waals surface area (Å²) in [7, 11) is 1.34. The number of methoxy groups -OCH3 is 1. The summed E-state index contributed by atoms with van der Waals surface area (Å²) >= 11 is 2.89. The third-order valence-electron chi connectivity index (χ3n) is 4.22. The predicted octanol–water partition coefficient (Wildman–Crippen LogP) is 4.76. The fraction of sp³-hybridized carbons (Fsp3) is 0.250. The van der Waals surface area contributed by atoms with Crippen LogP contribution in [0.25, 0.3) is 10.6 Å². The average Bonchev–Trinajstić information content (AvgIpc) is 3.20. The molecule has 1 N–H and O–H groups in total. The van der Waals surface area contributed by atoms with Gasteiger partial charge in [-0.25, -0.2) is 9.78 Å². The fourth-order valence-electron chi connectivity index (χ4n) is 2.62.